The Morgan fingerprint density at radius 3 is 1.86 bits per heavy atom. The molecule has 1 aliphatic carbocycles. The molecule has 0 bridgehead atoms. The van der Waals surface area contributed by atoms with Crippen molar-refractivity contribution in [2.75, 3.05) is 13.1 Å². The lowest BCUT2D eigenvalue weighted by molar-refractivity contribution is -0.142. The maximum atomic E-state index is 12.0. The van der Waals surface area contributed by atoms with E-state index in [1.807, 2.05) is 0 Å². The summed E-state index contributed by atoms with van der Waals surface area (Å²) in [5.74, 6) is -2.71. The minimum Gasteiger partial charge on any atom is -0.481 e. The largest absolute Gasteiger partial charge is 0.481 e. The first-order valence-corrected chi connectivity index (χ1v) is 6.64. The number of urea groups is 1. The number of primary amides is 2. The topological polar surface area (TPSA) is 156 Å². The highest BCUT2D eigenvalue weighted by Crippen LogP contribution is 2.24. The Bertz CT molecular complexity index is 415. The zero-order valence-electron chi connectivity index (χ0n) is 11.6. The van der Waals surface area contributed by atoms with Crippen LogP contribution >= 0.6 is 0 Å². The number of nitrogens with zero attached hydrogens (tertiary/aromatic N) is 1. The van der Waals surface area contributed by atoms with Crippen LogP contribution in [0.5, 0.6) is 0 Å². The summed E-state index contributed by atoms with van der Waals surface area (Å²) in [6.07, 6.45) is 2.02. The minimum absolute atomic E-state index is 0.184. The van der Waals surface area contributed by atoms with Crippen LogP contribution in [-0.4, -0.2) is 53.0 Å². The predicted molar refractivity (Wildman–Crippen MR) is 71.9 cm³/mol. The SMILES string of the molecule is NC(=O)CN(CC(N)=O)C(=O)NC1CCC(C(=O)O)CC1. The van der Waals surface area contributed by atoms with Gasteiger partial charge in [0.2, 0.25) is 11.8 Å². The van der Waals surface area contributed by atoms with Crippen molar-refractivity contribution in [2.24, 2.45) is 17.4 Å². The summed E-state index contributed by atoms with van der Waals surface area (Å²) < 4.78 is 0. The molecule has 0 aromatic carbocycles. The lowest BCUT2D eigenvalue weighted by Crippen LogP contribution is -2.51. The van der Waals surface area contributed by atoms with E-state index in [2.05, 4.69) is 5.32 Å². The third-order valence-electron chi connectivity index (χ3n) is 3.38. The molecule has 21 heavy (non-hydrogen) atoms. The average Bonchev–Trinajstić information content (AvgIpc) is 2.37. The highest BCUT2D eigenvalue weighted by molar-refractivity contribution is 5.87. The Kier molecular flexibility index (Phi) is 5.94. The Hall–Kier alpha value is -2.32. The summed E-state index contributed by atoms with van der Waals surface area (Å²) in [5, 5.41) is 11.6. The zero-order valence-corrected chi connectivity index (χ0v) is 11.6. The average molecular weight is 300 g/mol. The number of hydrogen-bond acceptors (Lipinski definition) is 4. The minimum atomic E-state index is -0.830. The van der Waals surface area contributed by atoms with E-state index in [4.69, 9.17) is 16.6 Å². The van der Waals surface area contributed by atoms with Gasteiger partial charge in [-0.25, -0.2) is 4.79 Å². The number of hydrogen-bond donors (Lipinski definition) is 4. The number of carboxylic acid groups (broad SMARTS) is 1. The van der Waals surface area contributed by atoms with Gasteiger partial charge in [-0.2, -0.15) is 0 Å². The summed E-state index contributed by atoms with van der Waals surface area (Å²) in [4.78, 5) is 45.5. The lowest BCUT2D eigenvalue weighted by Gasteiger charge is -2.29. The van der Waals surface area contributed by atoms with Gasteiger partial charge in [-0.1, -0.05) is 0 Å². The molecule has 0 spiro atoms. The van der Waals surface area contributed by atoms with Crippen LogP contribution in [0.1, 0.15) is 25.7 Å². The van der Waals surface area contributed by atoms with Crippen LogP contribution in [-0.2, 0) is 14.4 Å². The second kappa shape index (κ2) is 7.46. The fraction of sp³-hybridized carbons (Fsp3) is 0.667. The van der Waals surface area contributed by atoms with Crippen molar-refractivity contribution < 1.29 is 24.3 Å². The van der Waals surface area contributed by atoms with Crippen molar-refractivity contribution in [1.29, 1.82) is 0 Å². The molecule has 0 aromatic heterocycles. The van der Waals surface area contributed by atoms with E-state index in [1.165, 1.54) is 0 Å². The van der Waals surface area contributed by atoms with Gasteiger partial charge in [-0.3, -0.25) is 14.4 Å². The van der Waals surface area contributed by atoms with Gasteiger partial charge in [0, 0.05) is 6.04 Å². The van der Waals surface area contributed by atoms with Gasteiger partial charge < -0.3 is 26.8 Å². The third kappa shape index (κ3) is 5.67. The molecule has 4 amide bonds. The molecule has 1 saturated carbocycles. The van der Waals surface area contributed by atoms with Gasteiger partial charge in [-0.15, -0.1) is 0 Å². The van der Waals surface area contributed by atoms with E-state index in [0.717, 1.165) is 4.90 Å². The third-order valence-corrected chi connectivity index (χ3v) is 3.38. The van der Waals surface area contributed by atoms with Gasteiger partial charge in [-0.05, 0) is 25.7 Å². The quantitative estimate of drug-likeness (QED) is 0.475. The predicted octanol–water partition coefficient (Wildman–Crippen LogP) is -1.39. The van der Waals surface area contributed by atoms with Crippen LogP contribution < -0.4 is 16.8 Å². The number of carbonyl (C=O) groups excluding carboxylic acids is 3. The van der Waals surface area contributed by atoms with Gasteiger partial charge >= 0.3 is 12.0 Å². The number of nitrogens with two attached hydrogens (primary N) is 2. The van der Waals surface area contributed by atoms with Crippen molar-refractivity contribution in [1.82, 2.24) is 10.2 Å². The molecule has 9 nitrogen and oxygen atoms in total. The van der Waals surface area contributed by atoms with Gasteiger partial charge in [0.15, 0.2) is 0 Å². The van der Waals surface area contributed by atoms with Crippen LogP contribution in [0.2, 0.25) is 0 Å². The molecule has 0 aliphatic heterocycles. The first-order valence-electron chi connectivity index (χ1n) is 6.64. The van der Waals surface area contributed by atoms with Gasteiger partial charge in [0.05, 0.1) is 5.92 Å². The summed E-state index contributed by atoms with van der Waals surface area (Å²) in [7, 11) is 0. The smallest absolute Gasteiger partial charge is 0.318 e. The van der Waals surface area contributed by atoms with Crippen LogP contribution in [0.4, 0.5) is 4.79 Å². The van der Waals surface area contributed by atoms with E-state index in [0.29, 0.717) is 25.7 Å². The van der Waals surface area contributed by atoms with Crippen LogP contribution in [0, 0.1) is 5.92 Å². The Balaban J connectivity index is 2.51. The summed E-state index contributed by atoms with van der Waals surface area (Å²) in [5.41, 5.74) is 10.0. The summed E-state index contributed by atoms with van der Waals surface area (Å²) >= 11 is 0. The molecule has 1 fully saturated rings. The normalized spacial score (nSPS) is 21.3. The van der Waals surface area contributed by atoms with Gasteiger partial charge in [0.25, 0.3) is 0 Å². The maximum absolute atomic E-state index is 12.0. The van der Waals surface area contributed by atoms with Crippen molar-refractivity contribution in [3.8, 4) is 0 Å². The second-order valence-corrected chi connectivity index (χ2v) is 5.12. The van der Waals surface area contributed by atoms with E-state index < -0.39 is 36.9 Å². The number of carboxylic acids is 1. The number of carbonyl (C=O) groups is 4. The standard InChI is InChI=1S/C12H20N4O5/c13-9(17)5-16(6-10(14)18)12(21)15-8-3-1-7(2-4-8)11(19)20/h7-8H,1-6H2,(H2,13,17)(H2,14,18)(H,15,21)(H,19,20). The van der Waals surface area contributed by atoms with Crippen LogP contribution in [0.15, 0.2) is 0 Å². The van der Waals surface area contributed by atoms with Crippen molar-refractivity contribution in [2.45, 2.75) is 31.7 Å². The first-order chi connectivity index (χ1) is 9.79. The number of rotatable bonds is 6. The molecule has 0 aromatic rings. The molecule has 0 saturated heterocycles. The molecular formula is C12H20N4O5. The number of aliphatic carboxylic acids is 1. The molecule has 9 heteroatoms. The summed E-state index contributed by atoms with van der Waals surface area (Å²) in [6, 6.07) is -0.789. The van der Waals surface area contributed by atoms with Crippen LogP contribution in [0.25, 0.3) is 0 Å². The van der Waals surface area contributed by atoms with E-state index in [1.54, 1.807) is 0 Å². The number of amides is 4. The molecule has 0 atom stereocenters. The second-order valence-electron chi connectivity index (χ2n) is 5.12. The molecule has 1 rings (SSSR count). The fourth-order valence-electron chi connectivity index (χ4n) is 2.33. The molecule has 6 N–H and O–H groups in total. The molecule has 0 unspecified atom stereocenters. The Labute approximate surface area is 121 Å². The fourth-order valence-corrected chi connectivity index (χ4v) is 2.33. The Morgan fingerprint density at radius 1 is 1.00 bits per heavy atom. The van der Waals surface area contributed by atoms with Crippen molar-refractivity contribution in [3.63, 3.8) is 0 Å². The molecule has 0 heterocycles. The van der Waals surface area contributed by atoms with E-state index >= 15 is 0 Å². The monoisotopic (exact) mass is 300 g/mol. The molecular weight excluding hydrogens is 280 g/mol. The maximum Gasteiger partial charge on any atom is 0.318 e. The lowest BCUT2D eigenvalue weighted by atomic mass is 9.86. The highest BCUT2D eigenvalue weighted by Gasteiger charge is 2.28. The Morgan fingerprint density at radius 2 is 1.48 bits per heavy atom. The van der Waals surface area contributed by atoms with Crippen LogP contribution in [0.3, 0.4) is 0 Å². The highest BCUT2D eigenvalue weighted by atomic mass is 16.4. The van der Waals surface area contributed by atoms with Gasteiger partial charge in [0.1, 0.15) is 13.1 Å². The number of nitrogens with one attached hydrogen (secondary N) is 1. The van der Waals surface area contributed by atoms with Crippen molar-refractivity contribution >= 4 is 23.8 Å². The summed E-state index contributed by atoms with van der Waals surface area (Å²) in [6.45, 7) is -0.807. The van der Waals surface area contributed by atoms with E-state index in [-0.39, 0.29) is 12.0 Å². The molecule has 0 radical (unpaired) electrons. The van der Waals surface area contributed by atoms with E-state index in [9.17, 15) is 19.2 Å². The molecule has 118 valence electrons. The first kappa shape index (κ1) is 16.7. The molecule has 1 aliphatic rings. The zero-order chi connectivity index (χ0) is 16.0. The van der Waals surface area contributed by atoms with Crippen molar-refractivity contribution in [3.05, 3.63) is 0 Å².